The van der Waals surface area contributed by atoms with Crippen LogP contribution in [0.15, 0.2) is 72.8 Å². The Kier molecular flexibility index (Phi) is 8.00. The van der Waals surface area contributed by atoms with Gasteiger partial charge in [-0.3, -0.25) is 0 Å². The molecular weight excluding hydrogens is 470 g/mol. The van der Waals surface area contributed by atoms with Gasteiger partial charge in [0.25, 0.3) is 0 Å². The quantitative estimate of drug-likeness (QED) is 0.224. The second-order valence-electron chi connectivity index (χ2n) is 10.4. The molecule has 1 fully saturated rings. The predicted octanol–water partition coefficient (Wildman–Crippen LogP) is 8.07. The summed E-state index contributed by atoms with van der Waals surface area (Å²) in [5, 5.41) is 10.9. The minimum atomic E-state index is -0.865. The van der Waals surface area contributed by atoms with E-state index in [1.807, 2.05) is 31.2 Å². The molecule has 0 bridgehead atoms. The normalized spacial score (nSPS) is 14.3. The minimum absolute atomic E-state index is 0.0850. The summed E-state index contributed by atoms with van der Waals surface area (Å²) in [7, 11) is 0. The number of rotatable bonds is 11. The molecule has 194 valence electrons. The van der Waals surface area contributed by atoms with Crippen LogP contribution in [0, 0.1) is 12.8 Å². The molecule has 1 unspecified atom stereocenters. The Hall–Kier alpha value is -3.76. The lowest BCUT2D eigenvalue weighted by Gasteiger charge is -2.20. The number of benzene rings is 3. The summed E-state index contributed by atoms with van der Waals surface area (Å²) in [6.07, 6.45) is 8.73. The fourth-order valence-electron chi connectivity index (χ4n) is 4.81. The maximum atomic E-state index is 11.9. The first-order valence-corrected chi connectivity index (χ1v) is 13.6. The van der Waals surface area contributed by atoms with Gasteiger partial charge in [-0.05, 0) is 103 Å². The van der Waals surface area contributed by atoms with Gasteiger partial charge >= 0.3 is 5.97 Å². The molecule has 1 aromatic heterocycles. The summed E-state index contributed by atoms with van der Waals surface area (Å²) in [6, 6.07) is 24.7. The van der Waals surface area contributed by atoms with Gasteiger partial charge in [-0.25, -0.2) is 9.78 Å². The first-order valence-electron chi connectivity index (χ1n) is 13.6. The summed E-state index contributed by atoms with van der Waals surface area (Å²) in [5.74, 6) is -0.211. The molecule has 38 heavy (non-hydrogen) atoms. The van der Waals surface area contributed by atoms with Crippen LogP contribution in [0.2, 0.25) is 0 Å². The Bertz CT molecular complexity index is 1470. The molecule has 4 nitrogen and oxygen atoms in total. The Morgan fingerprint density at radius 2 is 1.89 bits per heavy atom. The van der Waals surface area contributed by atoms with E-state index >= 15 is 0 Å². The van der Waals surface area contributed by atoms with Crippen molar-refractivity contribution in [2.45, 2.75) is 52.1 Å². The minimum Gasteiger partial charge on any atom is -0.478 e. The number of carboxylic acids is 1. The van der Waals surface area contributed by atoms with E-state index in [0.717, 1.165) is 58.3 Å². The number of nitrogens with zero attached hydrogens (tertiary/aromatic N) is 1. The van der Waals surface area contributed by atoms with E-state index < -0.39 is 5.97 Å². The number of hydrogen-bond acceptors (Lipinski definition) is 3. The molecule has 1 saturated carbocycles. The van der Waals surface area contributed by atoms with Crippen LogP contribution in [0.1, 0.15) is 76.2 Å². The Morgan fingerprint density at radius 3 is 2.68 bits per heavy atom. The van der Waals surface area contributed by atoms with Crippen LogP contribution in [0.5, 0.6) is 0 Å². The number of aromatic carboxylic acids is 1. The van der Waals surface area contributed by atoms with Crippen molar-refractivity contribution in [3.05, 3.63) is 112 Å². The average molecular weight is 506 g/mol. The Morgan fingerprint density at radius 1 is 1.05 bits per heavy atom. The first kappa shape index (κ1) is 25.9. The van der Waals surface area contributed by atoms with Crippen molar-refractivity contribution in [2.75, 3.05) is 6.61 Å². The van der Waals surface area contributed by atoms with Gasteiger partial charge in [-0.15, -0.1) is 0 Å². The van der Waals surface area contributed by atoms with E-state index in [4.69, 9.17) is 9.72 Å². The van der Waals surface area contributed by atoms with E-state index in [2.05, 4.69) is 67.6 Å². The average Bonchev–Trinajstić information content (AvgIpc) is 3.76. The number of ether oxygens (including phenoxy) is 1. The lowest BCUT2D eigenvalue weighted by molar-refractivity contribution is 0.0394. The van der Waals surface area contributed by atoms with Crippen LogP contribution in [0.4, 0.5) is 0 Å². The standard InChI is InChI=1S/C34H35NO3/c1-3-24-10-13-27(31(21-24)34(36)37)15-18-33(38-22-26-8-9-26)29-6-4-5-25(20-29)11-16-30-17-14-28-12-7-23(2)19-32(28)35-30/h4-7,10-14,16-17,19-21,26,33H,3,8-9,15,18,22H2,1-2H3,(H,36,37)/b16-11+. The second kappa shape index (κ2) is 11.7. The Labute approximate surface area is 225 Å². The largest absolute Gasteiger partial charge is 0.478 e. The van der Waals surface area contributed by atoms with E-state index in [1.165, 1.54) is 18.4 Å². The molecule has 1 N–H and O–H groups in total. The molecule has 1 aliphatic rings. The summed E-state index contributed by atoms with van der Waals surface area (Å²) in [6.45, 7) is 4.88. The summed E-state index contributed by atoms with van der Waals surface area (Å²) < 4.78 is 6.41. The van der Waals surface area contributed by atoms with Crippen molar-refractivity contribution in [3.8, 4) is 0 Å². The lowest BCUT2D eigenvalue weighted by atomic mass is 9.95. The van der Waals surface area contributed by atoms with Crippen molar-refractivity contribution in [3.63, 3.8) is 0 Å². The second-order valence-corrected chi connectivity index (χ2v) is 10.4. The zero-order valence-corrected chi connectivity index (χ0v) is 22.2. The number of pyridine rings is 1. The highest BCUT2D eigenvalue weighted by Gasteiger charge is 2.24. The van der Waals surface area contributed by atoms with Crippen molar-refractivity contribution in [1.29, 1.82) is 0 Å². The maximum absolute atomic E-state index is 11.9. The monoisotopic (exact) mass is 505 g/mol. The number of carbonyl (C=O) groups is 1. The smallest absolute Gasteiger partial charge is 0.335 e. The summed E-state index contributed by atoms with van der Waals surface area (Å²) in [4.78, 5) is 16.7. The molecule has 1 aliphatic carbocycles. The van der Waals surface area contributed by atoms with Gasteiger partial charge in [0.15, 0.2) is 0 Å². The molecule has 0 radical (unpaired) electrons. The molecule has 3 aromatic carbocycles. The van der Waals surface area contributed by atoms with Crippen LogP contribution in [0.25, 0.3) is 23.1 Å². The van der Waals surface area contributed by atoms with Gasteiger partial charge in [-0.1, -0.05) is 61.5 Å². The van der Waals surface area contributed by atoms with Crippen molar-refractivity contribution in [2.24, 2.45) is 5.92 Å². The lowest BCUT2D eigenvalue weighted by Crippen LogP contribution is -2.10. The molecule has 0 saturated heterocycles. The van der Waals surface area contributed by atoms with E-state index in [1.54, 1.807) is 0 Å². The number of hydrogen-bond donors (Lipinski definition) is 1. The molecule has 1 atom stereocenters. The third-order valence-corrected chi connectivity index (χ3v) is 7.32. The third-order valence-electron chi connectivity index (χ3n) is 7.32. The van der Waals surface area contributed by atoms with Gasteiger partial charge in [0.05, 0.1) is 29.5 Å². The molecule has 1 heterocycles. The molecule has 0 amide bonds. The predicted molar refractivity (Wildman–Crippen MR) is 154 cm³/mol. The highest BCUT2D eigenvalue weighted by Crippen LogP contribution is 2.33. The highest BCUT2D eigenvalue weighted by atomic mass is 16.5. The van der Waals surface area contributed by atoms with Crippen LogP contribution in [-0.2, 0) is 17.6 Å². The zero-order valence-electron chi connectivity index (χ0n) is 22.2. The van der Waals surface area contributed by atoms with E-state index in [-0.39, 0.29) is 6.10 Å². The van der Waals surface area contributed by atoms with Gasteiger partial charge in [-0.2, -0.15) is 0 Å². The van der Waals surface area contributed by atoms with E-state index in [0.29, 0.717) is 17.9 Å². The highest BCUT2D eigenvalue weighted by molar-refractivity contribution is 5.89. The van der Waals surface area contributed by atoms with Gasteiger partial charge < -0.3 is 9.84 Å². The third kappa shape index (κ3) is 6.56. The molecular formula is C34H35NO3. The molecule has 5 rings (SSSR count). The molecule has 0 spiro atoms. The Balaban J connectivity index is 1.34. The van der Waals surface area contributed by atoms with Crippen molar-refractivity contribution >= 4 is 29.0 Å². The van der Waals surface area contributed by atoms with Crippen LogP contribution < -0.4 is 0 Å². The molecule has 0 aliphatic heterocycles. The van der Waals surface area contributed by atoms with E-state index in [9.17, 15) is 9.90 Å². The van der Waals surface area contributed by atoms with Gasteiger partial charge in [0.1, 0.15) is 0 Å². The fourth-order valence-corrected chi connectivity index (χ4v) is 4.81. The van der Waals surface area contributed by atoms with Gasteiger partial charge in [0, 0.05) is 5.39 Å². The summed E-state index contributed by atoms with van der Waals surface area (Å²) in [5.41, 5.74) is 7.65. The number of fused-ring (bicyclic) bond motifs is 1. The van der Waals surface area contributed by atoms with Crippen molar-refractivity contribution < 1.29 is 14.6 Å². The molecule has 4 aromatic rings. The number of aromatic nitrogens is 1. The number of carboxylic acid groups (broad SMARTS) is 1. The number of aryl methyl sites for hydroxylation is 3. The first-order chi connectivity index (χ1) is 18.5. The molecule has 4 heteroatoms. The van der Waals surface area contributed by atoms with Gasteiger partial charge in [0.2, 0.25) is 0 Å². The zero-order chi connectivity index (χ0) is 26.5. The fraction of sp³-hybridized carbons (Fsp3) is 0.294. The summed E-state index contributed by atoms with van der Waals surface area (Å²) >= 11 is 0. The van der Waals surface area contributed by atoms with Crippen LogP contribution in [0.3, 0.4) is 0 Å². The maximum Gasteiger partial charge on any atom is 0.335 e. The van der Waals surface area contributed by atoms with Crippen LogP contribution >= 0.6 is 0 Å². The topological polar surface area (TPSA) is 59.4 Å². The van der Waals surface area contributed by atoms with Crippen LogP contribution in [-0.4, -0.2) is 22.7 Å². The van der Waals surface area contributed by atoms with Crippen molar-refractivity contribution in [1.82, 2.24) is 4.98 Å². The SMILES string of the molecule is CCc1ccc(CCC(OCC2CC2)c2cccc(/C=C/c3ccc4ccc(C)cc4n3)c2)c(C(=O)O)c1.